The number of rotatable bonds is 5. The van der Waals surface area contributed by atoms with Crippen LogP contribution in [0, 0.1) is 6.92 Å². The second-order valence-electron chi connectivity index (χ2n) is 6.06. The van der Waals surface area contributed by atoms with Crippen molar-refractivity contribution in [2.45, 2.75) is 24.1 Å². The van der Waals surface area contributed by atoms with Gasteiger partial charge in [-0.05, 0) is 30.7 Å². The van der Waals surface area contributed by atoms with Crippen LogP contribution >= 0.6 is 11.8 Å². The summed E-state index contributed by atoms with van der Waals surface area (Å²) in [6, 6.07) is 12.2. The Morgan fingerprint density at radius 3 is 2.48 bits per heavy atom. The predicted molar refractivity (Wildman–Crippen MR) is 98.8 cm³/mol. The SMILES string of the molecule is Cc1ccccc1-c1nnc(SCc2nc(-c3ccc(C(F)(F)F)cc3)no2)o1. The Balaban J connectivity index is 1.42. The zero-order chi connectivity index (χ0) is 20.4. The maximum Gasteiger partial charge on any atom is 0.416 e. The molecule has 0 atom stereocenters. The van der Waals surface area contributed by atoms with E-state index in [-0.39, 0.29) is 11.6 Å². The molecule has 4 rings (SSSR count). The van der Waals surface area contributed by atoms with Gasteiger partial charge in [-0.3, -0.25) is 0 Å². The quantitative estimate of drug-likeness (QED) is 0.401. The van der Waals surface area contributed by atoms with Gasteiger partial charge < -0.3 is 8.94 Å². The first kappa shape index (κ1) is 19.2. The average Bonchev–Trinajstić information content (AvgIpc) is 3.36. The molecule has 0 fully saturated rings. The van der Waals surface area contributed by atoms with Crippen molar-refractivity contribution in [3.63, 3.8) is 0 Å². The van der Waals surface area contributed by atoms with Gasteiger partial charge in [0.1, 0.15) is 0 Å². The zero-order valence-corrected chi connectivity index (χ0v) is 15.8. The van der Waals surface area contributed by atoms with Crippen LogP contribution < -0.4 is 0 Å². The van der Waals surface area contributed by atoms with E-state index in [1.807, 2.05) is 31.2 Å². The first-order chi connectivity index (χ1) is 13.9. The van der Waals surface area contributed by atoms with Crippen molar-refractivity contribution < 1.29 is 22.1 Å². The highest BCUT2D eigenvalue weighted by Crippen LogP contribution is 2.31. The van der Waals surface area contributed by atoms with Crippen LogP contribution in [0.2, 0.25) is 0 Å². The number of alkyl halides is 3. The number of hydrogen-bond donors (Lipinski definition) is 0. The number of hydrogen-bond acceptors (Lipinski definition) is 7. The lowest BCUT2D eigenvalue weighted by atomic mass is 10.1. The van der Waals surface area contributed by atoms with Crippen LogP contribution in [0.3, 0.4) is 0 Å². The topological polar surface area (TPSA) is 77.8 Å². The Bertz CT molecular complexity index is 1120. The highest BCUT2D eigenvalue weighted by molar-refractivity contribution is 7.98. The number of nitrogens with zero attached hydrogens (tertiary/aromatic N) is 4. The summed E-state index contributed by atoms with van der Waals surface area (Å²) in [6.45, 7) is 1.95. The van der Waals surface area contributed by atoms with Crippen molar-refractivity contribution >= 4 is 11.8 Å². The molecule has 0 spiro atoms. The van der Waals surface area contributed by atoms with Gasteiger partial charge in [0.2, 0.25) is 17.6 Å². The van der Waals surface area contributed by atoms with Gasteiger partial charge in [0.15, 0.2) is 0 Å². The van der Waals surface area contributed by atoms with E-state index in [9.17, 15) is 13.2 Å². The molecule has 0 aliphatic carbocycles. The molecule has 2 heterocycles. The standard InChI is InChI=1S/C19H13F3N4O2S/c1-11-4-2-3-5-14(11)17-24-25-18(27-17)29-10-15-23-16(26-28-15)12-6-8-13(9-7-12)19(20,21)22/h2-9H,10H2,1H3. The Morgan fingerprint density at radius 1 is 1.00 bits per heavy atom. The van der Waals surface area contributed by atoms with E-state index in [0.717, 1.165) is 23.3 Å². The molecule has 0 amide bonds. The predicted octanol–water partition coefficient (Wildman–Crippen LogP) is 5.41. The molecule has 4 aromatic rings. The molecule has 0 unspecified atom stereocenters. The summed E-state index contributed by atoms with van der Waals surface area (Å²) in [4.78, 5) is 4.20. The molecule has 10 heteroatoms. The van der Waals surface area contributed by atoms with Gasteiger partial charge in [0.25, 0.3) is 5.22 Å². The molecule has 0 aliphatic heterocycles. The lowest BCUT2D eigenvalue weighted by Crippen LogP contribution is -2.04. The van der Waals surface area contributed by atoms with Crippen LogP contribution in [0.5, 0.6) is 0 Å². The van der Waals surface area contributed by atoms with Gasteiger partial charge in [-0.25, -0.2) is 0 Å². The lowest BCUT2D eigenvalue weighted by molar-refractivity contribution is -0.137. The van der Waals surface area contributed by atoms with Crippen molar-refractivity contribution in [3.8, 4) is 22.8 Å². The number of halogens is 3. The monoisotopic (exact) mass is 418 g/mol. The number of benzene rings is 2. The normalized spacial score (nSPS) is 11.7. The van der Waals surface area contributed by atoms with Crippen LogP contribution in [-0.2, 0) is 11.9 Å². The fourth-order valence-corrected chi connectivity index (χ4v) is 3.15. The zero-order valence-electron chi connectivity index (χ0n) is 15.0. The van der Waals surface area contributed by atoms with E-state index < -0.39 is 11.7 Å². The Kier molecular flexibility index (Phi) is 5.10. The summed E-state index contributed by atoms with van der Waals surface area (Å²) in [5.41, 5.74) is 1.57. The molecular weight excluding hydrogens is 405 g/mol. The van der Waals surface area contributed by atoms with Gasteiger partial charge >= 0.3 is 6.18 Å². The van der Waals surface area contributed by atoms with Crippen LogP contribution in [0.1, 0.15) is 17.0 Å². The first-order valence-electron chi connectivity index (χ1n) is 8.42. The molecule has 0 aliphatic rings. The Morgan fingerprint density at radius 2 is 1.76 bits per heavy atom. The summed E-state index contributed by atoms with van der Waals surface area (Å²) >= 11 is 1.22. The van der Waals surface area contributed by atoms with Crippen LogP contribution in [0.4, 0.5) is 13.2 Å². The molecule has 29 heavy (non-hydrogen) atoms. The van der Waals surface area contributed by atoms with E-state index in [2.05, 4.69) is 20.3 Å². The second kappa shape index (κ2) is 7.70. The third-order valence-electron chi connectivity index (χ3n) is 4.04. The maximum atomic E-state index is 12.6. The van der Waals surface area contributed by atoms with Crippen molar-refractivity contribution in [2.24, 2.45) is 0 Å². The van der Waals surface area contributed by atoms with Gasteiger partial charge in [-0.2, -0.15) is 18.2 Å². The largest absolute Gasteiger partial charge is 0.416 e. The molecule has 0 radical (unpaired) electrons. The molecular formula is C19H13F3N4O2S. The van der Waals surface area contributed by atoms with E-state index in [1.54, 1.807) is 0 Å². The summed E-state index contributed by atoms with van der Waals surface area (Å²) in [7, 11) is 0. The van der Waals surface area contributed by atoms with Crippen LogP contribution in [-0.4, -0.2) is 20.3 Å². The summed E-state index contributed by atoms with van der Waals surface area (Å²) in [5, 5.41) is 12.2. The molecule has 0 saturated carbocycles. The fraction of sp³-hybridized carbons (Fsp3) is 0.158. The maximum absolute atomic E-state index is 12.6. The number of aryl methyl sites for hydroxylation is 1. The lowest BCUT2D eigenvalue weighted by Gasteiger charge is -2.05. The van der Waals surface area contributed by atoms with E-state index in [1.165, 1.54) is 23.9 Å². The summed E-state index contributed by atoms with van der Waals surface area (Å²) in [5.74, 6) is 1.20. The van der Waals surface area contributed by atoms with Crippen LogP contribution in [0.25, 0.3) is 22.8 Å². The first-order valence-corrected chi connectivity index (χ1v) is 9.41. The second-order valence-corrected chi connectivity index (χ2v) is 6.99. The van der Waals surface area contributed by atoms with E-state index >= 15 is 0 Å². The smallest absolute Gasteiger partial charge is 0.411 e. The van der Waals surface area contributed by atoms with Crippen LogP contribution in [0.15, 0.2) is 62.7 Å². The minimum Gasteiger partial charge on any atom is -0.411 e. The Hall–Kier alpha value is -3.14. The molecule has 2 aromatic heterocycles. The third kappa shape index (κ3) is 4.32. The average molecular weight is 418 g/mol. The molecule has 2 aromatic carbocycles. The minimum atomic E-state index is -4.39. The van der Waals surface area contributed by atoms with Crippen molar-refractivity contribution in [1.82, 2.24) is 20.3 Å². The number of aromatic nitrogens is 4. The Labute approximate surface area is 167 Å². The molecule has 6 nitrogen and oxygen atoms in total. The molecule has 148 valence electrons. The third-order valence-corrected chi connectivity index (χ3v) is 4.84. The van der Waals surface area contributed by atoms with Gasteiger partial charge in [-0.1, -0.05) is 47.3 Å². The van der Waals surface area contributed by atoms with Gasteiger partial charge in [0, 0.05) is 11.1 Å². The molecule has 0 bridgehead atoms. The van der Waals surface area contributed by atoms with Gasteiger partial charge in [0.05, 0.1) is 11.3 Å². The minimum absolute atomic E-state index is 0.209. The molecule has 0 N–H and O–H groups in total. The van der Waals surface area contributed by atoms with E-state index in [0.29, 0.717) is 22.6 Å². The highest BCUT2D eigenvalue weighted by atomic mass is 32.2. The van der Waals surface area contributed by atoms with Crippen molar-refractivity contribution in [3.05, 3.63) is 65.5 Å². The number of thioether (sulfide) groups is 1. The van der Waals surface area contributed by atoms with Crippen molar-refractivity contribution in [1.29, 1.82) is 0 Å². The fourth-order valence-electron chi connectivity index (χ4n) is 2.55. The molecule has 0 saturated heterocycles. The van der Waals surface area contributed by atoms with Crippen molar-refractivity contribution in [2.75, 3.05) is 0 Å². The van der Waals surface area contributed by atoms with Gasteiger partial charge in [-0.15, -0.1) is 10.2 Å². The summed E-state index contributed by atoms with van der Waals surface area (Å²) in [6.07, 6.45) is -4.39. The summed E-state index contributed by atoms with van der Waals surface area (Å²) < 4.78 is 48.8. The van der Waals surface area contributed by atoms with E-state index in [4.69, 9.17) is 8.94 Å². The highest BCUT2D eigenvalue weighted by Gasteiger charge is 2.30.